The minimum atomic E-state index is 0.168. The van der Waals surface area contributed by atoms with Gasteiger partial charge in [0.15, 0.2) is 0 Å². The van der Waals surface area contributed by atoms with E-state index in [4.69, 9.17) is 0 Å². The van der Waals surface area contributed by atoms with Crippen LogP contribution in [-0.4, -0.2) is 23.9 Å². The largest absolute Gasteiger partial charge is 0.339 e. The quantitative estimate of drug-likeness (QED) is 0.801. The molecule has 0 saturated carbocycles. The summed E-state index contributed by atoms with van der Waals surface area (Å²) in [6, 6.07) is 16.4. The van der Waals surface area contributed by atoms with Crippen molar-refractivity contribution in [1.82, 2.24) is 4.90 Å². The number of rotatable bonds is 2. The molecule has 0 spiro atoms. The maximum atomic E-state index is 12.4. The zero-order chi connectivity index (χ0) is 13.2. The first-order valence-electron chi connectivity index (χ1n) is 6.78. The van der Waals surface area contributed by atoms with Gasteiger partial charge >= 0.3 is 0 Å². The lowest BCUT2D eigenvalue weighted by molar-refractivity contribution is 0.0749. The molecule has 0 aromatic heterocycles. The second-order valence-electron chi connectivity index (χ2n) is 4.83. The second kappa shape index (κ2) is 4.88. The predicted molar refractivity (Wildman–Crippen MR) is 77.2 cm³/mol. The second-order valence-corrected chi connectivity index (χ2v) is 4.83. The van der Waals surface area contributed by atoms with Crippen LogP contribution in [0.15, 0.2) is 48.5 Å². The predicted octanol–water partition coefficient (Wildman–Crippen LogP) is 3.37. The summed E-state index contributed by atoms with van der Waals surface area (Å²) in [5, 5.41) is 0. The number of hydrogen-bond donors (Lipinski definition) is 0. The average Bonchev–Trinajstić information content (AvgIpc) is 2.48. The minimum Gasteiger partial charge on any atom is -0.339 e. The third kappa shape index (κ3) is 2.03. The fourth-order valence-corrected chi connectivity index (χ4v) is 2.77. The molecule has 2 aromatic carbocycles. The Morgan fingerprint density at radius 1 is 1.00 bits per heavy atom. The summed E-state index contributed by atoms with van der Waals surface area (Å²) < 4.78 is 0. The monoisotopic (exact) mass is 251 g/mol. The normalized spacial score (nSPS) is 14.4. The Hall–Kier alpha value is -2.09. The van der Waals surface area contributed by atoms with Crippen LogP contribution in [0.3, 0.4) is 0 Å². The Morgan fingerprint density at radius 3 is 2.47 bits per heavy atom. The number of hydrogen-bond acceptors (Lipinski definition) is 1. The van der Waals surface area contributed by atoms with Crippen molar-refractivity contribution in [2.45, 2.75) is 13.3 Å². The highest BCUT2D eigenvalue weighted by molar-refractivity contribution is 5.98. The zero-order valence-corrected chi connectivity index (χ0v) is 11.1. The van der Waals surface area contributed by atoms with Gasteiger partial charge in [0.05, 0.1) is 0 Å². The van der Waals surface area contributed by atoms with E-state index < -0.39 is 0 Å². The van der Waals surface area contributed by atoms with Gasteiger partial charge in [-0.2, -0.15) is 0 Å². The lowest BCUT2D eigenvalue weighted by Crippen LogP contribution is -2.37. The highest BCUT2D eigenvalue weighted by Crippen LogP contribution is 2.30. The van der Waals surface area contributed by atoms with Crippen LogP contribution >= 0.6 is 0 Å². The molecule has 1 aliphatic heterocycles. The van der Waals surface area contributed by atoms with Crippen LogP contribution in [0.2, 0.25) is 0 Å². The first kappa shape index (κ1) is 12.0. The Bertz CT molecular complexity index is 604. The first-order chi connectivity index (χ1) is 9.31. The van der Waals surface area contributed by atoms with Crippen molar-refractivity contribution in [2.24, 2.45) is 0 Å². The van der Waals surface area contributed by atoms with Gasteiger partial charge in [0.25, 0.3) is 5.91 Å². The van der Waals surface area contributed by atoms with Gasteiger partial charge in [0.1, 0.15) is 0 Å². The molecule has 0 aliphatic carbocycles. The summed E-state index contributed by atoms with van der Waals surface area (Å²) in [7, 11) is 0. The number of carbonyl (C=O) groups is 1. The number of benzene rings is 2. The van der Waals surface area contributed by atoms with Crippen LogP contribution in [0.5, 0.6) is 0 Å². The molecule has 0 radical (unpaired) electrons. The summed E-state index contributed by atoms with van der Waals surface area (Å²) in [5.41, 5.74) is 4.46. The first-order valence-corrected chi connectivity index (χ1v) is 6.78. The van der Waals surface area contributed by atoms with Crippen molar-refractivity contribution in [3.63, 3.8) is 0 Å². The summed E-state index contributed by atoms with van der Waals surface area (Å²) in [5.74, 6) is 0.168. The standard InChI is InChI=1S/C17H17NO/c1-2-18-12-11-15-14(13-7-4-3-5-8-13)9-6-10-16(15)17(18)19/h3-10H,2,11-12H2,1H3. The van der Waals surface area contributed by atoms with Crippen LogP contribution in [0.25, 0.3) is 11.1 Å². The third-order valence-electron chi connectivity index (χ3n) is 3.79. The zero-order valence-electron chi connectivity index (χ0n) is 11.1. The summed E-state index contributed by atoms with van der Waals surface area (Å²) in [6.07, 6.45) is 0.944. The summed E-state index contributed by atoms with van der Waals surface area (Å²) in [4.78, 5) is 14.3. The molecule has 2 aromatic rings. The molecule has 0 fully saturated rings. The molecular weight excluding hydrogens is 234 g/mol. The topological polar surface area (TPSA) is 20.3 Å². The van der Waals surface area contributed by atoms with Crippen LogP contribution < -0.4 is 0 Å². The number of carbonyl (C=O) groups excluding carboxylic acids is 1. The molecule has 0 unspecified atom stereocenters. The maximum absolute atomic E-state index is 12.4. The van der Waals surface area contributed by atoms with E-state index in [9.17, 15) is 4.79 Å². The molecule has 2 heteroatoms. The Morgan fingerprint density at radius 2 is 1.74 bits per heavy atom. The smallest absolute Gasteiger partial charge is 0.254 e. The van der Waals surface area contributed by atoms with E-state index in [0.717, 1.165) is 25.1 Å². The van der Waals surface area contributed by atoms with Crippen molar-refractivity contribution in [1.29, 1.82) is 0 Å². The fraction of sp³-hybridized carbons (Fsp3) is 0.235. The summed E-state index contributed by atoms with van der Waals surface area (Å²) in [6.45, 7) is 3.64. The highest BCUT2D eigenvalue weighted by atomic mass is 16.2. The number of nitrogens with zero attached hydrogens (tertiary/aromatic N) is 1. The Kier molecular flexibility index (Phi) is 3.08. The molecule has 0 N–H and O–H groups in total. The molecule has 1 amide bonds. The highest BCUT2D eigenvalue weighted by Gasteiger charge is 2.24. The molecule has 0 bridgehead atoms. The van der Waals surface area contributed by atoms with E-state index in [1.165, 1.54) is 16.7 Å². The Labute approximate surface area is 113 Å². The van der Waals surface area contributed by atoms with Gasteiger partial charge in [0.2, 0.25) is 0 Å². The average molecular weight is 251 g/mol. The van der Waals surface area contributed by atoms with Crippen LogP contribution in [-0.2, 0) is 6.42 Å². The van der Waals surface area contributed by atoms with Crippen molar-refractivity contribution < 1.29 is 4.79 Å². The SMILES string of the molecule is CCN1CCc2c(cccc2-c2ccccc2)C1=O. The molecule has 1 aliphatic rings. The Balaban J connectivity index is 2.11. The van der Waals surface area contributed by atoms with E-state index in [1.54, 1.807) is 0 Å². The van der Waals surface area contributed by atoms with E-state index >= 15 is 0 Å². The van der Waals surface area contributed by atoms with Crippen LogP contribution in [0, 0.1) is 0 Å². The van der Waals surface area contributed by atoms with Crippen LogP contribution in [0.1, 0.15) is 22.8 Å². The van der Waals surface area contributed by atoms with Gasteiger partial charge in [-0.25, -0.2) is 0 Å². The van der Waals surface area contributed by atoms with Crippen LogP contribution in [0.4, 0.5) is 0 Å². The number of fused-ring (bicyclic) bond motifs is 1. The molecule has 3 rings (SSSR count). The van der Waals surface area contributed by atoms with E-state index in [1.807, 2.05) is 42.2 Å². The maximum Gasteiger partial charge on any atom is 0.254 e. The van der Waals surface area contributed by atoms with Gasteiger partial charge in [0, 0.05) is 18.7 Å². The van der Waals surface area contributed by atoms with Gasteiger partial charge < -0.3 is 4.90 Å². The van der Waals surface area contributed by atoms with E-state index in [0.29, 0.717) is 0 Å². The minimum absolute atomic E-state index is 0.168. The number of amides is 1. The third-order valence-corrected chi connectivity index (χ3v) is 3.79. The van der Waals surface area contributed by atoms with Crippen molar-refractivity contribution in [3.8, 4) is 11.1 Å². The molecule has 0 saturated heterocycles. The molecule has 19 heavy (non-hydrogen) atoms. The van der Waals surface area contributed by atoms with Gasteiger partial charge in [-0.15, -0.1) is 0 Å². The van der Waals surface area contributed by atoms with Gasteiger partial charge in [-0.3, -0.25) is 4.79 Å². The van der Waals surface area contributed by atoms with Crippen molar-refractivity contribution in [3.05, 3.63) is 59.7 Å². The summed E-state index contributed by atoms with van der Waals surface area (Å²) >= 11 is 0. The molecule has 2 nitrogen and oxygen atoms in total. The fourth-order valence-electron chi connectivity index (χ4n) is 2.77. The lowest BCUT2D eigenvalue weighted by atomic mass is 9.90. The lowest BCUT2D eigenvalue weighted by Gasteiger charge is -2.28. The number of likely N-dealkylation sites (N-methyl/N-ethyl adjacent to an activating group) is 1. The molecular formula is C17H17NO. The molecule has 0 atom stereocenters. The molecule has 96 valence electrons. The van der Waals surface area contributed by atoms with Crippen molar-refractivity contribution >= 4 is 5.91 Å². The molecule has 1 heterocycles. The van der Waals surface area contributed by atoms with E-state index in [2.05, 4.69) is 18.2 Å². The van der Waals surface area contributed by atoms with Crippen molar-refractivity contribution in [2.75, 3.05) is 13.1 Å². The van der Waals surface area contributed by atoms with E-state index in [-0.39, 0.29) is 5.91 Å². The van der Waals surface area contributed by atoms with Gasteiger partial charge in [-0.05, 0) is 36.1 Å². The van der Waals surface area contributed by atoms with Gasteiger partial charge in [-0.1, -0.05) is 42.5 Å².